The van der Waals surface area contributed by atoms with E-state index in [1.807, 2.05) is 6.92 Å². The van der Waals surface area contributed by atoms with Crippen LogP contribution in [0, 0.1) is 0 Å². The molecule has 0 fully saturated rings. The molecule has 0 bridgehead atoms. The highest BCUT2D eigenvalue weighted by atomic mass is 35.5. The summed E-state index contributed by atoms with van der Waals surface area (Å²) >= 11 is 6.39. The summed E-state index contributed by atoms with van der Waals surface area (Å²) in [5.74, 6) is -0.599. The molecule has 2 aromatic rings. The fourth-order valence-electron chi connectivity index (χ4n) is 3.01. The lowest BCUT2D eigenvalue weighted by Crippen LogP contribution is -2.21. The number of ether oxygens (including phenoxy) is 2. The minimum atomic E-state index is -1.08. The van der Waals surface area contributed by atoms with Crippen LogP contribution >= 0.6 is 11.6 Å². The van der Waals surface area contributed by atoms with Gasteiger partial charge in [0.2, 0.25) is 0 Å². The number of aromatic carboxylic acids is 1. The Morgan fingerprint density at radius 3 is 2.74 bits per heavy atom. The Morgan fingerprint density at radius 2 is 2.06 bits per heavy atom. The van der Waals surface area contributed by atoms with Crippen LogP contribution in [-0.2, 0) is 4.79 Å². The molecule has 1 aliphatic heterocycles. The normalized spacial score (nSPS) is 14.5. The van der Waals surface area contributed by atoms with Gasteiger partial charge in [0.05, 0.1) is 34.2 Å². The van der Waals surface area contributed by atoms with E-state index < -0.39 is 5.97 Å². The Bertz CT molecular complexity index is 1110. The largest absolute Gasteiger partial charge is 0.490 e. The van der Waals surface area contributed by atoms with Gasteiger partial charge in [-0.05, 0) is 55.8 Å². The number of hydrogen-bond acceptors (Lipinski definition) is 5. The molecule has 160 valence electrons. The smallest absolute Gasteiger partial charge is 0.335 e. The van der Waals surface area contributed by atoms with Crippen LogP contribution in [0.5, 0.6) is 11.5 Å². The number of hydrogen-bond donors (Lipinski definition) is 1. The molecule has 7 nitrogen and oxygen atoms in total. The summed E-state index contributed by atoms with van der Waals surface area (Å²) in [6.45, 7) is 7.86. The highest BCUT2D eigenvalue weighted by Crippen LogP contribution is 2.38. The fourth-order valence-corrected chi connectivity index (χ4v) is 3.29. The zero-order chi connectivity index (χ0) is 22.5. The maximum absolute atomic E-state index is 13.0. The molecule has 0 atom stereocenters. The van der Waals surface area contributed by atoms with Crippen molar-refractivity contribution in [1.82, 2.24) is 0 Å². The molecule has 0 aromatic heterocycles. The van der Waals surface area contributed by atoms with Gasteiger partial charge in [0.15, 0.2) is 11.5 Å². The highest BCUT2D eigenvalue weighted by molar-refractivity contribution is 6.33. The predicted octanol–water partition coefficient (Wildman–Crippen LogP) is 4.81. The molecule has 0 saturated carbocycles. The van der Waals surface area contributed by atoms with Crippen molar-refractivity contribution in [2.75, 3.05) is 18.2 Å². The van der Waals surface area contributed by atoms with E-state index in [4.69, 9.17) is 21.1 Å². The maximum Gasteiger partial charge on any atom is 0.335 e. The van der Waals surface area contributed by atoms with Crippen molar-refractivity contribution in [2.24, 2.45) is 5.10 Å². The topological polar surface area (TPSA) is 88.4 Å². The second-order valence-electron chi connectivity index (χ2n) is 6.58. The van der Waals surface area contributed by atoms with Crippen molar-refractivity contribution in [3.8, 4) is 11.5 Å². The van der Waals surface area contributed by atoms with Crippen LogP contribution in [0.15, 0.2) is 59.7 Å². The van der Waals surface area contributed by atoms with Crippen molar-refractivity contribution in [3.63, 3.8) is 0 Å². The number of nitrogens with zero attached hydrogens (tertiary/aromatic N) is 2. The second kappa shape index (κ2) is 9.49. The van der Waals surface area contributed by atoms with Gasteiger partial charge in [-0.3, -0.25) is 4.79 Å². The monoisotopic (exact) mass is 440 g/mol. The first-order valence-electron chi connectivity index (χ1n) is 9.50. The molecule has 0 saturated heterocycles. The Labute approximate surface area is 184 Å². The number of carbonyl (C=O) groups is 2. The lowest BCUT2D eigenvalue weighted by atomic mass is 10.1. The van der Waals surface area contributed by atoms with Crippen molar-refractivity contribution in [2.45, 2.75) is 13.8 Å². The lowest BCUT2D eigenvalue weighted by molar-refractivity contribution is -0.114. The molecule has 0 aliphatic carbocycles. The summed E-state index contributed by atoms with van der Waals surface area (Å²) in [5.41, 5.74) is 1.93. The average molecular weight is 441 g/mol. The van der Waals surface area contributed by atoms with Gasteiger partial charge >= 0.3 is 5.97 Å². The molecule has 0 unspecified atom stereocenters. The van der Waals surface area contributed by atoms with Crippen molar-refractivity contribution in [3.05, 3.63) is 70.8 Å². The molecule has 3 rings (SSSR count). The zero-order valence-corrected chi connectivity index (χ0v) is 17.8. The predicted molar refractivity (Wildman–Crippen MR) is 120 cm³/mol. The van der Waals surface area contributed by atoms with Crippen LogP contribution in [0.4, 0.5) is 5.69 Å². The number of rotatable bonds is 8. The second-order valence-corrected chi connectivity index (χ2v) is 6.99. The van der Waals surface area contributed by atoms with E-state index in [1.54, 1.807) is 43.3 Å². The first kappa shape index (κ1) is 22.1. The molecular formula is C23H21ClN2O5. The molecule has 0 spiro atoms. The number of hydrazone groups is 1. The number of carbonyl (C=O) groups excluding carboxylic acids is 1. The number of carboxylic acids is 1. The molecule has 8 heteroatoms. The van der Waals surface area contributed by atoms with E-state index in [2.05, 4.69) is 11.7 Å². The minimum absolute atomic E-state index is 0.0684. The summed E-state index contributed by atoms with van der Waals surface area (Å²) < 4.78 is 11.2. The van der Waals surface area contributed by atoms with E-state index >= 15 is 0 Å². The molecule has 1 heterocycles. The third kappa shape index (κ3) is 4.78. The van der Waals surface area contributed by atoms with E-state index in [1.165, 1.54) is 17.1 Å². The maximum atomic E-state index is 13.0. The summed E-state index contributed by atoms with van der Waals surface area (Å²) in [6, 6.07) is 9.44. The molecule has 31 heavy (non-hydrogen) atoms. The van der Waals surface area contributed by atoms with Crippen molar-refractivity contribution in [1.29, 1.82) is 0 Å². The Kier molecular flexibility index (Phi) is 6.77. The summed E-state index contributed by atoms with van der Waals surface area (Å²) in [6.07, 6.45) is 3.26. The average Bonchev–Trinajstić information content (AvgIpc) is 3.02. The summed E-state index contributed by atoms with van der Waals surface area (Å²) in [4.78, 5) is 24.2. The minimum Gasteiger partial charge on any atom is -0.490 e. The quantitative estimate of drug-likeness (QED) is 0.470. The fraction of sp³-hybridized carbons (Fsp3) is 0.174. The zero-order valence-electron chi connectivity index (χ0n) is 17.1. The lowest BCUT2D eigenvalue weighted by Gasteiger charge is -2.14. The van der Waals surface area contributed by atoms with Crippen LogP contribution in [0.2, 0.25) is 5.02 Å². The van der Waals surface area contributed by atoms with E-state index in [0.29, 0.717) is 45.7 Å². The molecule has 0 radical (unpaired) electrons. The molecule has 2 aromatic carbocycles. The van der Waals surface area contributed by atoms with E-state index in [-0.39, 0.29) is 18.1 Å². The SMILES string of the molecule is C=CCOc1c(Cl)cc(/C=C2/C(=O)N(c3cccc(C(=O)O)c3)N=C2C)cc1OCC. The van der Waals surface area contributed by atoms with Gasteiger partial charge in [-0.25, -0.2) is 4.79 Å². The van der Waals surface area contributed by atoms with Gasteiger partial charge in [-0.2, -0.15) is 10.1 Å². The number of benzene rings is 2. The molecule has 1 N–H and O–H groups in total. The van der Waals surface area contributed by atoms with E-state index in [0.717, 1.165) is 0 Å². The number of anilines is 1. The Morgan fingerprint density at radius 1 is 1.29 bits per heavy atom. The van der Waals surface area contributed by atoms with Gasteiger partial charge in [-0.15, -0.1) is 0 Å². The summed E-state index contributed by atoms with van der Waals surface area (Å²) in [5, 5.41) is 15.0. The Balaban J connectivity index is 1.96. The van der Waals surface area contributed by atoms with Gasteiger partial charge in [0, 0.05) is 0 Å². The van der Waals surface area contributed by atoms with Gasteiger partial charge < -0.3 is 14.6 Å². The molecular weight excluding hydrogens is 420 g/mol. The third-order valence-electron chi connectivity index (χ3n) is 4.39. The third-order valence-corrected chi connectivity index (χ3v) is 4.67. The van der Waals surface area contributed by atoms with Gasteiger partial charge in [0.25, 0.3) is 5.91 Å². The molecule has 1 aliphatic rings. The van der Waals surface area contributed by atoms with Crippen LogP contribution in [0.1, 0.15) is 29.8 Å². The van der Waals surface area contributed by atoms with Gasteiger partial charge in [0.1, 0.15) is 6.61 Å². The number of amides is 1. The Hall–Kier alpha value is -3.58. The van der Waals surface area contributed by atoms with Gasteiger partial charge in [-0.1, -0.05) is 30.3 Å². The van der Waals surface area contributed by atoms with Crippen LogP contribution in [0.3, 0.4) is 0 Å². The highest BCUT2D eigenvalue weighted by Gasteiger charge is 2.29. The first-order valence-corrected chi connectivity index (χ1v) is 9.88. The summed E-state index contributed by atoms with van der Waals surface area (Å²) in [7, 11) is 0. The van der Waals surface area contributed by atoms with Crippen LogP contribution in [-0.4, -0.2) is 35.9 Å². The number of carboxylic acid groups (broad SMARTS) is 1. The van der Waals surface area contributed by atoms with Crippen LogP contribution in [0.25, 0.3) is 6.08 Å². The van der Waals surface area contributed by atoms with E-state index in [9.17, 15) is 14.7 Å². The van der Waals surface area contributed by atoms with Crippen LogP contribution < -0.4 is 14.5 Å². The standard InChI is InChI=1S/C23H21ClN2O5/c1-4-9-31-21-19(24)11-15(12-20(21)30-5-2)10-18-14(3)25-26(22(18)27)17-8-6-7-16(13-17)23(28)29/h4,6-8,10-13H,1,5,9H2,2-3H3,(H,28,29)/b18-10+. The number of halogens is 1. The van der Waals surface area contributed by atoms with Crippen molar-refractivity contribution >= 4 is 41.0 Å². The first-order chi connectivity index (χ1) is 14.8. The molecule has 1 amide bonds. The van der Waals surface area contributed by atoms with Crippen molar-refractivity contribution < 1.29 is 24.2 Å².